The van der Waals surface area contributed by atoms with Gasteiger partial charge in [-0.2, -0.15) is 0 Å². The van der Waals surface area contributed by atoms with Crippen LogP contribution in [0, 0.1) is 5.92 Å². The molecule has 0 radical (unpaired) electrons. The molecule has 3 heteroatoms. The maximum atomic E-state index is 11.9. The second-order valence-electron chi connectivity index (χ2n) is 5.09. The molecule has 1 aliphatic rings. The number of amides is 1. The van der Waals surface area contributed by atoms with E-state index in [4.69, 9.17) is 0 Å². The topological polar surface area (TPSA) is 23.6 Å². The summed E-state index contributed by atoms with van der Waals surface area (Å²) in [6, 6.07) is 10.2. The van der Waals surface area contributed by atoms with Crippen LogP contribution in [-0.4, -0.2) is 42.9 Å². The Morgan fingerprint density at radius 1 is 1.29 bits per heavy atom. The molecule has 0 aliphatic carbocycles. The number of hydrogen-bond donors (Lipinski definition) is 0. The van der Waals surface area contributed by atoms with E-state index in [0.29, 0.717) is 18.2 Å². The first kappa shape index (κ1) is 12.1. The fraction of sp³-hybridized carbons (Fsp3) is 0.500. The third-order valence-corrected chi connectivity index (χ3v) is 3.13. The van der Waals surface area contributed by atoms with Crippen LogP contribution in [0.25, 0.3) is 0 Å². The molecule has 0 N–H and O–H groups in total. The SMILES string of the molecule is CN(C)CC1CC(=O)N(Cc2ccccc2)C1. The molecule has 1 unspecified atom stereocenters. The monoisotopic (exact) mass is 232 g/mol. The standard InChI is InChI=1S/C14H20N2O/c1-15(2)9-13-8-14(17)16(11-13)10-12-6-4-3-5-7-12/h3-7,13H,8-11H2,1-2H3. The minimum Gasteiger partial charge on any atom is -0.338 e. The van der Waals surface area contributed by atoms with E-state index in [-0.39, 0.29) is 0 Å². The summed E-state index contributed by atoms with van der Waals surface area (Å²) in [7, 11) is 4.12. The lowest BCUT2D eigenvalue weighted by atomic mass is 10.1. The lowest BCUT2D eigenvalue weighted by molar-refractivity contribution is -0.128. The number of carbonyl (C=O) groups is 1. The van der Waals surface area contributed by atoms with Gasteiger partial charge in [0.25, 0.3) is 0 Å². The van der Waals surface area contributed by atoms with Crippen molar-refractivity contribution in [2.24, 2.45) is 5.92 Å². The summed E-state index contributed by atoms with van der Waals surface area (Å²) in [5.41, 5.74) is 1.21. The number of nitrogens with zero attached hydrogens (tertiary/aromatic N) is 2. The first-order chi connectivity index (χ1) is 8.15. The lowest BCUT2D eigenvalue weighted by Crippen LogP contribution is -2.27. The Hall–Kier alpha value is -1.35. The smallest absolute Gasteiger partial charge is 0.223 e. The summed E-state index contributed by atoms with van der Waals surface area (Å²) >= 11 is 0. The van der Waals surface area contributed by atoms with Crippen LogP contribution in [0.2, 0.25) is 0 Å². The van der Waals surface area contributed by atoms with Gasteiger partial charge < -0.3 is 9.80 Å². The third-order valence-electron chi connectivity index (χ3n) is 3.13. The molecule has 1 amide bonds. The molecule has 1 aromatic rings. The molecular weight excluding hydrogens is 212 g/mol. The maximum Gasteiger partial charge on any atom is 0.223 e. The molecule has 1 atom stereocenters. The first-order valence-electron chi connectivity index (χ1n) is 6.11. The number of likely N-dealkylation sites (tertiary alicyclic amines) is 1. The largest absolute Gasteiger partial charge is 0.338 e. The van der Waals surface area contributed by atoms with E-state index in [1.54, 1.807) is 0 Å². The van der Waals surface area contributed by atoms with Crippen LogP contribution in [0.4, 0.5) is 0 Å². The fourth-order valence-corrected chi connectivity index (χ4v) is 2.45. The van der Waals surface area contributed by atoms with E-state index < -0.39 is 0 Å². The summed E-state index contributed by atoms with van der Waals surface area (Å²) in [5.74, 6) is 0.780. The van der Waals surface area contributed by atoms with Crippen LogP contribution in [0.3, 0.4) is 0 Å². The minimum absolute atomic E-state index is 0.292. The van der Waals surface area contributed by atoms with Crippen LogP contribution >= 0.6 is 0 Å². The highest BCUT2D eigenvalue weighted by molar-refractivity contribution is 5.78. The predicted octanol–water partition coefficient (Wildman–Crippen LogP) is 1.60. The van der Waals surface area contributed by atoms with Gasteiger partial charge in [-0.25, -0.2) is 0 Å². The van der Waals surface area contributed by atoms with E-state index in [1.807, 2.05) is 23.1 Å². The Kier molecular flexibility index (Phi) is 3.79. The average molecular weight is 232 g/mol. The zero-order valence-corrected chi connectivity index (χ0v) is 10.6. The molecule has 0 spiro atoms. The van der Waals surface area contributed by atoms with Gasteiger partial charge in [0.15, 0.2) is 0 Å². The molecule has 1 aromatic carbocycles. The second kappa shape index (κ2) is 5.32. The Balaban J connectivity index is 1.92. The van der Waals surface area contributed by atoms with Crippen LogP contribution in [0.5, 0.6) is 0 Å². The summed E-state index contributed by atoms with van der Waals surface area (Å²) in [5, 5.41) is 0. The van der Waals surface area contributed by atoms with E-state index in [2.05, 4.69) is 31.1 Å². The fourth-order valence-electron chi connectivity index (χ4n) is 2.45. The molecule has 92 valence electrons. The Morgan fingerprint density at radius 2 is 2.00 bits per heavy atom. The zero-order chi connectivity index (χ0) is 12.3. The van der Waals surface area contributed by atoms with Crippen molar-refractivity contribution in [1.29, 1.82) is 0 Å². The Morgan fingerprint density at radius 3 is 2.65 bits per heavy atom. The molecule has 17 heavy (non-hydrogen) atoms. The van der Waals surface area contributed by atoms with Crippen molar-refractivity contribution in [3.63, 3.8) is 0 Å². The number of rotatable bonds is 4. The van der Waals surface area contributed by atoms with Gasteiger partial charge in [-0.15, -0.1) is 0 Å². The van der Waals surface area contributed by atoms with Crippen LogP contribution < -0.4 is 0 Å². The number of hydrogen-bond acceptors (Lipinski definition) is 2. The summed E-state index contributed by atoms with van der Waals surface area (Å²) < 4.78 is 0. The van der Waals surface area contributed by atoms with Crippen molar-refractivity contribution in [2.45, 2.75) is 13.0 Å². The number of benzene rings is 1. The molecular formula is C14H20N2O. The molecule has 1 fully saturated rings. The van der Waals surface area contributed by atoms with Gasteiger partial charge in [0, 0.05) is 26.1 Å². The molecule has 0 aromatic heterocycles. The van der Waals surface area contributed by atoms with E-state index in [1.165, 1.54) is 5.56 Å². The van der Waals surface area contributed by atoms with Gasteiger partial charge in [0.1, 0.15) is 0 Å². The summed E-state index contributed by atoms with van der Waals surface area (Å²) in [4.78, 5) is 16.0. The van der Waals surface area contributed by atoms with Crippen molar-refractivity contribution in [3.05, 3.63) is 35.9 Å². The molecule has 0 saturated carbocycles. The highest BCUT2D eigenvalue weighted by Crippen LogP contribution is 2.20. The van der Waals surface area contributed by atoms with Crippen molar-refractivity contribution in [3.8, 4) is 0 Å². The van der Waals surface area contributed by atoms with Gasteiger partial charge in [-0.3, -0.25) is 4.79 Å². The van der Waals surface area contributed by atoms with Crippen LogP contribution in [0.1, 0.15) is 12.0 Å². The van der Waals surface area contributed by atoms with E-state index in [9.17, 15) is 4.79 Å². The highest BCUT2D eigenvalue weighted by atomic mass is 16.2. The minimum atomic E-state index is 0.292. The van der Waals surface area contributed by atoms with Gasteiger partial charge in [-0.05, 0) is 25.6 Å². The number of carbonyl (C=O) groups excluding carboxylic acids is 1. The molecule has 1 heterocycles. The molecule has 3 nitrogen and oxygen atoms in total. The predicted molar refractivity (Wildman–Crippen MR) is 68.5 cm³/mol. The normalized spacial score (nSPS) is 20.3. The lowest BCUT2D eigenvalue weighted by Gasteiger charge is -2.18. The van der Waals surface area contributed by atoms with Crippen molar-refractivity contribution < 1.29 is 4.79 Å². The van der Waals surface area contributed by atoms with Gasteiger partial charge in [0.2, 0.25) is 5.91 Å². The highest BCUT2D eigenvalue weighted by Gasteiger charge is 2.29. The Labute approximate surface area is 103 Å². The van der Waals surface area contributed by atoms with Crippen molar-refractivity contribution in [2.75, 3.05) is 27.2 Å². The molecule has 1 saturated heterocycles. The van der Waals surface area contributed by atoms with Gasteiger partial charge in [-0.1, -0.05) is 30.3 Å². The average Bonchev–Trinajstić information content (AvgIpc) is 2.59. The van der Waals surface area contributed by atoms with Gasteiger partial charge in [0.05, 0.1) is 0 Å². The molecule has 1 aliphatic heterocycles. The van der Waals surface area contributed by atoms with E-state index >= 15 is 0 Å². The van der Waals surface area contributed by atoms with Crippen molar-refractivity contribution >= 4 is 5.91 Å². The second-order valence-corrected chi connectivity index (χ2v) is 5.09. The summed E-state index contributed by atoms with van der Waals surface area (Å²) in [6.45, 7) is 2.65. The van der Waals surface area contributed by atoms with Gasteiger partial charge >= 0.3 is 0 Å². The molecule has 2 rings (SSSR count). The first-order valence-corrected chi connectivity index (χ1v) is 6.11. The van der Waals surface area contributed by atoms with Crippen LogP contribution in [-0.2, 0) is 11.3 Å². The van der Waals surface area contributed by atoms with Crippen molar-refractivity contribution in [1.82, 2.24) is 9.80 Å². The summed E-state index contributed by atoms with van der Waals surface area (Å²) in [6.07, 6.45) is 0.699. The molecule has 0 bridgehead atoms. The quantitative estimate of drug-likeness (QED) is 0.787. The zero-order valence-electron chi connectivity index (χ0n) is 10.6. The van der Waals surface area contributed by atoms with E-state index in [0.717, 1.165) is 19.6 Å². The maximum absolute atomic E-state index is 11.9. The Bertz CT molecular complexity index is 375. The third kappa shape index (κ3) is 3.30. The van der Waals surface area contributed by atoms with Crippen LogP contribution in [0.15, 0.2) is 30.3 Å².